The number of hydrogen-bond donors (Lipinski definition) is 19. The number of primary amides is 1. The number of hydrogen-bond acceptors (Lipinski definition) is 21. The molecular weight excluding hydrogens is 1320 g/mol. The Labute approximate surface area is 586 Å². The van der Waals surface area contributed by atoms with Gasteiger partial charge in [0, 0.05) is 13.0 Å². The fourth-order valence-electron chi connectivity index (χ4n) is 9.80. The summed E-state index contributed by atoms with van der Waals surface area (Å²) < 4.78 is 10.7. The number of aliphatic hydroxyl groups is 4. The van der Waals surface area contributed by atoms with E-state index in [4.69, 9.17) is 32.4 Å². The fourth-order valence-corrected chi connectivity index (χ4v) is 9.80. The molecule has 11 amide bonds. The van der Waals surface area contributed by atoms with E-state index in [1.165, 1.54) is 24.3 Å². The van der Waals surface area contributed by atoms with Gasteiger partial charge in [-0.1, -0.05) is 118 Å². The molecule has 0 aliphatic carbocycles. The van der Waals surface area contributed by atoms with Crippen molar-refractivity contribution in [2.75, 3.05) is 19.7 Å². The number of amides is 11. The van der Waals surface area contributed by atoms with Crippen LogP contribution in [0.3, 0.4) is 0 Å². The Morgan fingerprint density at radius 3 is 1.54 bits per heavy atom. The largest absolute Gasteiger partial charge is 0.480 e. The Morgan fingerprint density at radius 1 is 0.545 bits per heavy atom. The second-order valence-corrected chi connectivity index (χ2v) is 26.2. The number of carbonyl (C=O) groups excluding carboxylic acids is 12. The van der Waals surface area contributed by atoms with Crippen LogP contribution in [0.2, 0.25) is 0 Å². The lowest BCUT2D eigenvalue weighted by atomic mass is 9.96. The predicted octanol–water partition coefficient (Wildman–Crippen LogP) is -3.69. The predicted molar refractivity (Wildman–Crippen MR) is 366 cm³/mol. The topological polar surface area (TPSA) is 578 Å². The van der Waals surface area contributed by atoms with Crippen LogP contribution in [0.1, 0.15) is 126 Å². The molecule has 0 saturated heterocycles. The van der Waals surface area contributed by atoms with Crippen molar-refractivity contribution in [3.8, 4) is 5.75 Å². The van der Waals surface area contributed by atoms with E-state index < -0.39 is 187 Å². The monoisotopic (exact) mass is 1430 g/mol. The summed E-state index contributed by atoms with van der Waals surface area (Å²) in [5.41, 5.74) is 23.1. The molecule has 35 nitrogen and oxygen atoms in total. The third kappa shape index (κ3) is 31.7. The van der Waals surface area contributed by atoms with E-state index in [1.807, 2.05) is 24.5 Å². The van der Waals surface area contributed by atoms with Crippen molar-refractivity contribution < 1.29 is 97.3 Å². The molecule has 0 aliphatic heterocycles. The number of nitrogens with zero attached hydrogens (tertiary/aromatic N) is 1. The van der Waals surface area contributed by atoms with Gasteiger partial charge in [-0.15, -0.1) is 0 Å². The van der Waals surface area contributed by atoms with E-state index >= 15 is 0 Å². The molecule has 0 heterocycles. The lowest BCUT2D eigenvalue weighted by molar-refractivity contribution is -0.143. The molecule has 0 radical (unpaired) electrons. The van der Waals surface area contributed by atoms with E-state index in [9.17, 15) is 87.9 Å². The second-order valence-electron chi connectivity index (χ2n) is 26.2. The molecule has 14 atom stereocenters. The van der Waals surface area contributed by atoms with Gasteiger partial charge in [-0.2, -0.15) is 0 Å². The average molecular weight is 1430 g/mol. The Kier molecular flexibility index (Phi) is 38.0. The van der Waals surface area contributed by atoms with Crippen LogP contribution in [0.15, 0.2) is 59.6 Å². The molecule has 0 fully saturated rings. The van der Waals surface area contributed by atoms with E-state index in [0.29, 0.717) is 5.56 Å². The molecule has 23 N–H and O–H groups in total. The highest BCUT2D eigenvalue weighted by atomic mass is 16.5. The van der Waals surface area contributed by atoms with Crippen molar-refractivity contribution in [3.05, 3.63) is 65.7 Å². The number of carbonyl (C=O) groups is 13. The van der Waals surface area contributed by atoms with Gasteiger partial charge in [0.1, 0.15) is 66.7 Å². The molecule has 2 aromatic carbocycles. The Bertz CT molecular complexity index is 3130. The number of alkyl carbamates (subject to hydrolysis) is 1. The first-order chi connectivity index (χ1) is 47.3. The number of benzene rings is 2. The Morgan fingerprint density at radius 2 is 1.04 bits per heavy atom. The number of carboxylic acids is 1. The molecule has 564 valence electrons. The lowest BCUT2D eigenvalue weighted by Crippen LogP contribution is -2.62. The molecule has 0 spiro atoms. The SMILES string of the molecule is CC[C@H](C)[C@H](NC(=O)[C@@H](CCCN=C(N)N)NC(=O)[C@H](CC(C)C)NC(=O)[C@@H](N)[C@H](O)C(C)C)C(=O)N[C@H](C(=O)NCC(=O)N[C@H](C(=O)N[C@@H](CO)C(=O)Oc1cccc(C[C@H](NC(=O)[C@H](CC(C)C)NC(=O)[C@@H](CC(C)C)NC(=O)OCc2ccccc2)C(=O)O)c1)[C@H](O)C(N)=O)[C@@H](C)O. The summed E-state index contributed by atoms with van der Waals surface area (Å²) in [6.07, 6.45) is -6.28. The lowest BCUT2D eigenvalue weighted by Gasteiger charge is -2.30. The maximum absolute atomic E-state index is 14.2. The van der Waals surface area contributed by atoms with E-state index in [1.54, 1.807) is 85.7 Å². The molecule has 0 aromatic heterocycles. The van der Waals surface area contributed by atoms with Crippen LogP contribution < -0.4 is 80.8 Å². The number of guanidine groups is 1. The van der Waals surface area contributed by atoms with Crippen LogP contribution in [0.5, 0.6) is 5.75 Å². The highest BCUT2D eigenvalue weighted by molar-refractivity contribution is 5.99. The first-order valence-electron chi connectivity index (χ1n) is 33.3. The summed E-state index contributed by atoms with van der Waals surface area (Å²) in [5, 5.41) is 76.3. The van der Waals surface area contributed by atoms with Gasteiger partial charge in [-0.05, 0) is 91.9 Å². The van der Waals surface area contributed by atoms with Crippen LogP contribution in [-0.2, 0) is 75.3 Å². The van der Waals surface area contributed by atoms with Crippen LogP contribution in [0.4, 0.5) is 4.79 Å². The molecule has 2 aromatic rings. The molecule has 101 heavy (non-hydrogen) atoms. The fraction of sp³-hybridized carbons (Fsp3) is 0.606. The van der Waals surface area contributed by atoms with Gasteiger partial charge in [0.15, 0.2) is 18.1 Å². The van der Waals surface area contributed by atoms with E-state index in [2.05, 4.69) is 47.5 Å². The summed E-state index contributed by atoms with van der Waals surface area (Å²) in [7, 11) is 0. The number of aliphatic hydroxyl groups excluding tert-OH is 4. The summed E-state index contributed by atoms with van der Waals surface area (Å²) in [6.45, 7) is 16.0. The van der Waals surface area contributed by atoms with Gasteiger partial charge in [0.2, 0.25) is 59.1 Å². The molecule has 0 unspecified atom stereocenters. The van der Waals surface area contributed by atoms with Gasteiger partial charge in [-0.3, -0.25) is 52.9 Å². The zero-order chi connectivity index (χ0) is 76.5. The highest BCUT2D eigenvalue weighted by Gasteiger charge is 2.39. The van der Waals surface area contributed by atoms with Gasteiger partial charge < -0.3 is 111 Å². The minimum Gasteiger partial charge on any atom is -0.480 e. The van der Waals surface area contributed by atoms with Gasteiger partial charge in [-0.25, -0.2) is 14.4 Å². The summed E-state index contributed by atoms with van der Waals surface area (Å²) in [6, 6.07) is -1.78. The maximum Gasteiger partial charge on any atom is 0.408 e. The van der Waals surface area contributed by atoms with Crippen molar-refractivity contribution >= 4 is 83.1 Å². The van der Waals surface area contributed by atoms with Gasteiger partial charge in [0.05, 0.1) is 25.4 Å². The first kappa shape index (κ1) is 87.5. The number of esters is 1. The number of ether oxygens (including phenoxy) is 2. The van der Waals surface area contributed by atoms with Crippen molar-refractivity contribution in [1.82, 2.24) is 53.2 Å². The highest BCUT2D eigenvalue weighted by Crippen LogP contribution is 2.19. The summed E-state index contributed by atoms with van der Waals surface area (Å²) >= 11 is 0. The van der Waals surface area contributed by atoms with Crippen molar-refractivity contribution in [2.45, 2.75) is 206 Å². The van der Waals surface area contributed by atoms with Crippen LogP contribution in [0, 0.1) is 29.6 Å². The molecule has 0 aliphatic rings. The minimum absolute atomic E-state index is 0.00857. The number of rotatable bonds is 44. The van der Waals surface area contributed by atoms with E-state index in [-0.39, 0.29) is 86.7 Å². The number of nitrogens with two attached hydrogens (primary N) is 4. The smallest absolute Gasteiger partial charge is 0.408 e. The van der Waals surface area contributed by atoms with Crippen molar-refractivity contribution in [1.29, 1.82) is 0 Å². The van der Waals surface area contributed by atoms with Gasteiger partial charge >= 0.3 is 18.0 Å². The Hall–Kier alpha value is -9.58. The third-order valence-corrected chi connectivity index (χ3v) is 15.6. The zero-order valence-corrected chi connectivity index (χ0v) is 59.0. The number of carboxylic acid groups (broad SMARTS) is 1. The minimum atomic E-state index is -2.53. The maximum atomic E-state index is 14.2. The molecule has 0 bridgehead atoms. The normalized spacial score (nSPS) is 15.4. The molecule has 0 saturated carbocycles. The van der Waals surface area contributed by atoms with Gasteiger partial charge in [0.25, 0.3) is 0 Å². The van der Waals surface area contributed by atoms with Crippen molar-refractivity contribution in [3.63, 3.8) is 0 Å². The molecule has 2 rings (SSSR count). The third-order valence-electron chi connectivity index (χ3n) is 15.6. The van der Waals surface area contributed by atoms with Crippen LogP contribution >= 0.6 is 0 Å². The number of nitrogens with one attached hydrogen (secondary N) is 10. The number of aliphatic imine (C=N–C) groups is 1. The van der Waals surface area contributed by atoms with E-state index in [0.717, 1.165) is 6.92 Å². The quantitative estimate of drug-likeness (QED) is 0.00998. The zero-order valence-electron chi connectivity index (χ0n) is 59.0. The Balaban J connectivity index is 2.26. The van der Waals surface area contributed by atoms with Crippen LogP contribution in [0.25, 0.3) is 0 Å². The number of aliphatic carboxylic acids is 1. The van der Waals surface area contributed by atoms with Crippen LogP contribution in [-0.4, -0.2) is 207 Å². The van der Waals surface area contributed by atoms with Crippen molar-refractivity contribution in [2.24, 2.45) is 57.5 Å². The average Bonchev–Trinajstić information content (AvgIpc) is 0.858. The standard InChI is InChI=1S/C66H105N15O20/c1-12-36(10)49(80-55(88)41(22-17-23-71-65(69)70)73-56(89)43(25-33(4)5)75-59(92)48(67)52(85)35(8)9)61(94)81-50(37(11)83)60(93)72-29-47(84)79-51(53(86)54(68)87)62(95)77-46(30-82)64(98)101-40-21-16-20-39(27-40)28-45(63(96)97)76-57(90)42(24-32(2)3)74-58(91)44(26-34(6)7)78-66(99)100-31-38-18-14-13-15-19-38/h13-16,18-21,27,32-37,41-46,48-53,82-83,85-86H,12,17,22-26,28-31,67H2,1-11H3,(H2,68,87)(H,72,93)(H,73,89)(H,74,91)(H,75,92)(H,76,90)(H,77,95)(H,78,99)(H,79,84)(H,80,88)(H,81,94)(H,96,97)(H4,69,70,71)/t36-,37+,41+,42-,43-,44+,45-,46-,48-,49-,50-,51-,52+,53-/m0/s1. The second kappa shape index (κ2) is 43.8. The molecule has 35 heteroatoms. The first-order valence-corrected chi connectivity index (χ1v) is 33.3. The molecular formula is C66H105N15O20. The summed E-state index contributed by atoms with van der Waals surface area (Å²) in [5.74, 6) is -15.8. The summed E-state index contributed by atoms with van der Waals surface area (Å²) in [4.78, 5) is 179.